The predicted octanol–water partition coefficient (Wildman–Crippen LogP) is 2.49. The molecule has 2 aromatic rings. The van der Waals surface area contributed by atoms with Crippen LogP contribution in [0.2, 0.25) is 0 Å². The molecule has 2 aromatic heterocycles. The van der Waals surface area contributed by atoms with E-state index in [1.807, 2.05) is 18.2 Å². The number of anilines is 1. The molecule has 2 N–H and O–H groups in total. The fourth-order valence-electron chi connectivity index (χ4n) is 1.14. The molecule has 0 aliphatic rings. The van der Waals surface area contributed by atoms with Crippen LogP contribution in [-0.4, -0.2) is 9.97 Å². The molecule has 0 atom stereocenters. The van der Waals surface area contributed by atoms with E-state index >= 15 is 0 Å². The van der Waals surface area contributed by atoms with E-state index in [2.05, 4.69) is 25.9 Å². The van der Waals surface area contributed by atoms with Crippen LogP contribution < -0.4 is 5.73 Å². The molecule has 0 saturated carbocycles. The second-order valence-corrected chi connectivity index (χ2v) is 3.69. The molecule has 3 nitrogen and oxygen atoms in total. The van der Waals surface area contributed by atoms with Crippen LogP contribution >= 0.6 is 15.9 Å². The van der Waals surface area contributed by atoms with Gasteiger partial charge >= 0.3 is 0 Å². The fraction of sp³-hybridized carbons (Fsp3) is 0. The molecule has 0 radical (unpaired) electrons. The highest BCUT2D eigenvalue weighted by Crippen LogP contribution is 2.24. The van der Waals surface area contributed by atoms with Gasteiger partial charge < -0.3 is 5.73 Å². The van der Waals surface area contributed by atoms with E-state index in [-0.39, 0.29) is 0 Å². The van der Waals surface area contributed by atoms with Gasteiger partial charge in [-0.05, 0) is 28.1 Å². The van der Waals surface area contributed by atoms with Gasteiger partial charge in [0.1, 0.15) is 5.82 Å². The van der Waals surface area contributed by atoms with Crippen LogP contribution in [0.5, 0.6) is 0 Å². The van der Waals surface area contributed by atoms with Crippen LogP contribution in [0.25, 0.3) is 11.1 Å². The summed E-state index contributed by atoms with van der Waals surface area (Å²) >= 11 is 3.34. The third-order valence-electron chi connectivity index (χ3n) is 1.86. The Kier molecular flexibility index (Phi) is 2.45. The third kappa shape index (κ3) is 1.75. The van der Waals surface area contributed by atoms with Gasteiger partial charge in [-0.3, -0.25) is 4.98 Å². The smallest absolute Gasteiger partial charge is 0.137 e. The van der Waals surface area contributed by atoms with Crippen molar-refractivity contribution < 1.29 is 0 Å². The number of pyridine rings is 2. The Morgan fingerprint density at radius 3 is 2.71 bits per heavy atom. The van der Waals surface area contributed by atoms with Gasteiger partial charge in [-0.1, -0.05) is 6.07 Å². The highest BCUT2D eigenvalue weighted by atomic mass is 79.9. The summed E-state index contributed by atoms with van der Waals surface area (Å²) in [7, 11) is 0. The van der Waals surface area contributed by atoms with Crippen molar-refractivity contribution in [3.63, 3.8) is 0 Å². The molecule has 0 amide bonds. The summed E-state index contributed by atoms with van der Waals surface area (Å²) in [6.07, 6.45) is 5.26. The van der Waals surface area contributed by atoms with E-state index in [0.717, 1.165) is 15.6 Å². The molecule has 0 saturated heterocycles. The lowest BCUT2D eigenvalue weighted by Gasteiger charge is -2.02. The van der Waals surface area contributed by atoms with E-state index in [0.29, 0.717) is 5.82 Å². The lowest BCUT2D eigenvalue weighted by molar-refractivity contribution is 1.29. The normalized spacial score (nSPS) is 10.1. The Morgan fingerprint density at radius 2 is 2.07 bits per heavy atom. The molecule has 0 fully saturated rings. The average Bonchev–Trinajstić information content (AvgIpc) is 2.23. The summed E-state index contributed by atoms with van der Waals surface area (Å²) in [6.45, 7) is 0. The number of nitrogens with zero attached hydrogens (tertiary/aromatic N) is 2. The van der Waals surface area contributed by atoms with Gasteiger partial charge in [-0.15, -0.1) is 0 Å². The highest BCUT2D eigenvalue weighted by molar-refractivity contribution is 9.10. The predicted molar refractivity (Wildman–Crippen MR) is 59.6 cm³/mol. The van der Waals surface area contributed by atoms with Gasteiger partial charge in [0.05, 0.1) is 4.47 Å². The zero-order valence-corrected chi connectivity index (χ0v) is 8.90. The summed E-state index contributed by atoms with van der Waals surface area (Å²) in [5.41, 5.74) is 7.62. The van der Waals surface area contributed by atoms with Crippen molar-refractivity contribution in [2.75, 3.05) is 5.73 Å². The van der Waals surface area contributed by atoms with Crippen molar-refractivity contribution in [1.29, 1.82) is 0 Å². The number of hydrogen-bond acceptors (Lipinski definition) is 3. The van der Waals surface area contributed by atoms with Crippen molar-refractivity contribution in [3.05, 3.63) is 41.3 Å². The van der Waals surface area contributed by atoms with Crippen LogP contribution in [0.4, 0.5) is 5.82 Å². The average molecular weight is 250 g/mol. The minimum atomic E-state index is 0.498. The number of halogens is 1. The first kappa shape index (κ1) is 9.15. The SMILES string of the molecule is Nc1ncc(-c2cccnc2)cc1Br. The number of rotatable bonds is 1. The van der Waals surface area contributed by atoms with Gasteiger partial charge in [-0.25, -0.2) is 4.98 Å². The standard InChI is InChI=1S/C10H8BrN3/c11-9-4-8(6-14-10(9)12)7-2-1-3-13-5-7/h1-6H,(H2,12,14). The number of nitrogen functional groups attached to an aromatic ring is 1. The minimum Gasteiger partial charge on any atom is -0.383 e. The van der Waals surface area contributed by atoms with E-state index in [1.165, 1.54) is 0 Å². The van der Waals surface area contributed by atoms with E-state index in [9.17, 15) is 0 Å². The molecule has 0 aliphatic carbocycles. The maximum atomic E-state index is 5.59. The second-order valence-electron chi connectivity index (χ2n) is 2.83. The Bertz CT molecular complexity index is 442. The Hall–Kier alpha value is -1.42. The second kappa shape index (κ2) is 3.75. The third-order valence-corrected chi connectivity index (χ3v) is 2.50. The maximum absolute atomic E-state index is 5.59. The summed E-state index contributed by atoms with van der Waals surface area (Å²) in [5.74, 6) is 0.498. The summed E-state index contributed by atoms with van der Waals surface area (Å²) in [4.78, 5) is 8.10. The molecule has 0 spiro atoms. The fourth-order valence-corrected chi connectivity index (χ4v) is 1.49. The van der Waals surface area contributed by atoms with Crippen LogP contribution in [0.1, 0.15) is 0 Å². The number of nitrogens with two attached hydrogens (primary N) is 1. The van der Waals surface area contributed by atoms with Crippen LogP contribution in [0.15, 0.2) is 41.3 Å². The molecule has 14 heavy (non-hydrogen) atoms. The van der Waals surface area contributed by atoms with Crippen molar-refractivity contribution in [2.45, 2.75) is 0 Å². The first-order valence-electron chi connectivity index (χ1n) is 4.09. The van der Waals surface area contributed by atoms with Crippen molar-refractivity contribution >= 4 is 21.7 Å². The molecule has 4 heteroatoms. The molecular formula is C10H8BrN3. The topological polar surface area (TPSA) is 51.8 Å². The van der Waals surface area contributed by atoms with Crippen LogP contribution in [0, 0.1) is 0 Å². The highest BCUT2D eigenvalue weighted by Gasteiger charge is 2.01. The van der Waals surface area contributed by atoms with E-state index in [4.69, 9.17) is 5.73 Å². The number of aromatic nitrogens is 2. The van der Waals surface area contributed by atoms with E-state index in [1.54, 1.807) is 18.6 Å². The summed E-state index contributed by atoms with van der Waals surface area (Å²) in [6, 6.07) is 5.80. The lowest BCUT2D eigenvalue weighted by Crippen LogP contribution is -1.91. The molecule has 0 aliphatic heterocycles. The Labute approximate surface area is 90.1 Å². The summed E-state index contributed by atoms with van der Waals surface area (Å²) < 4.78 is 0.804. The van der Waals surface area contributed by atoms with Gasteiger partial charge in [-0.2, -0.15) is 0 Å². The quantitative estimate of drug-likeness (QED) is 0.845. The van der Waals surface area contributed by atoms with Crippen molar-refractivity contribution in [3.8, 4) is 11.1 Å². The maximum Gasteiger partial charge on any atom is 0.137 e. The van der Waals surface area contributed by atoms with Gasteiger partial charge in [0.15, 0.2) is 0 Å². The summed E-state index contributed by atoms with van der Waals surface area (Å²) in [5, 5.41) is 0. The van der Waals surface area contributed by atoms with Crippen molar-refractivity contribution in [1.82, 2.24) is 9.97 Å². The van der Waals surface area contributed by atoms with Crippen molar-refractivity contribution in [2.24, 2.45) is 0 Å². The largest absolute Gasteiger partial charge is 0.383 e. The Morgan fingerprint density at radius 1 is 1.21 bits per heavy atom. The minimum absolute atomic E-state index is 0.498. The lowest BCUT2D eigenvalue weighted by atomic mass is 10.1. The van der Waals surface area contributed by atoms with Gasteiger partial charge in [0.2, 0.25) is 0 Å². The van der Waals surface area contributed by atoms with Gasteiger partial charge in [0.25, 0.3) is 0 Å². The zero-order valence-electron chi connectivity index (χ0n) is 7.31. The molecule has 2 rings (SSSR count). The molecule has 0 unspecified atom stereocenters. The Balaban J connectivity index is 2.48. The molecule has 0 bridgehead atoms. The molecule has 70 valence electrons. The van der Waals surface area contributed by atoms with Crippen LogP contribution in [0.3, 0.4) is 0 Å². The number of hydrogen-bond donors (Lipinski definition) is 1. The molecule has 2 heterocycles. The van der Waals surface area contributed by atoms with Crippen LogP contribution in [-0.2, 0) is 0 Å². The van der Waals surface area contributed by atoms with Gasteiger partial charge in [0, 0.05) is 29.7 Å². The molecular weight excluding hydrogens is 242 g/mol. The molecule has 0 aromatic carbocycles. The first-order valence-corrected chi connectivity index (χ1v) is 4.88. The monoisotopic (exact) mass is 249 g/mol. The zero-order chi connectivity index (χ0) is 9.97. The first-order chi connectivity index (χ1) is 6.77. The van der Waals surface area contributed by atoms with E-state index < -0.39 is 0 Å².